The van der Waals surface area contributed by atoms with E-state index in [0.717, 1.165) is 0 Å². The maximum absolute atomic E-state index is 12.5. The number of nitrogens with zero attached hydrogens (tertiary/aromatic N) is 5. The molecule has 0 aliphatic carbocycles. The van der Waals surface area contributed by atoms with Crippen molar-refractivity contribution in [3.8, 4) is 0 Å². The van der Waals surface area contributed by atoms with Gasteiger partial charge in [0, 0.05) is 25.9 Å². The Morgan fingerprint density at radius 2 is 2.27 bits per heavy atom. The zero-order chi connectivity index (χ0) is 15.7. The second kappa shape index (κ2) is 5.72. The molecule has 0 aromatic carbocycles. The minimum Gasteiger partial charge on any atom is -0.384 e. The van der Waals surface area contributed by atoms with Crippen molar-refractivity contribution in [2.45, 2.75) is 13.0 Å². The lowest BCUT2D eigenvalue weighted by Gasteiger charge is -2.32. The summed E-state index contributed by atoms with van der Waals surface area (Å²) in [7, 11) is 1.78. The number of amides is 1. The largest absolute Gasteiger partial charge is 0.384 e. The lowest BCUT2D eigenvalue weighted by atomic mass is 10.1. The smallest absolute Gasteiger partial charge is 0.257 e. The molecule has 2 N–H and O–H groups in total. The Morgan fingerprint density at radius 3 is 2.95 bits per heavy atom. The number of hydrogen-bond acceptors (Lipinski definition) is 6. The first-order chi connectivity index (χ1) is 10.5. The number of carbonyl (C=O) groups is 1. The van der Waals surface area contributed by atoms with Gasteiger partial charge >= 0.3 is 0 Å². The Labute approximate surface area is 127 Å². The third-order valence-electron chi connectivity index (χ3n) is 3.51. The maximum atomic E-state index is 12.5. The van der Waals surface area contributed by atoms with Gasteiger partial charge < -0.3 is 15.4 Å². The van der Waals surface area contributed by atoms with E-state index in [2.05, 4.69) is 15.1 Å². The Kier molecular flexibility index (Phi) is 3.76. The Morgan fingerprint density at radius 1 is 1.45 bits per heavy atom. The molecule has 2 aromatic heterocycles. The van der Waals surface area contributed by atoms with Crippen LogP contribution in [0, 0.1) is 6.92 Å². The average Bonchev–Trinajstić information content (AvgIpc) is 2.92. The van der Waals surface area contributed by atoms with E-state index in [1.165, 1.54) is 0 Å². The molecular formula is C14H18N6O2. The van der Waals surface area contributed by atoms with E-state index in [9.17, 15) is 4.79 Å². The van der Waals surface area contributed by atoms with Crippen molar-refractivity contribution in [2.75, 3.05) is 25.4 Å². The fourth-order valence-electron chi connectivity index (χ4n) is 2.51. The quantitative estimate of drug-likeness (QED) is 0.857. The number of nitrogen functional groups attached to an aromatic ring is 1. The fraction of sp³-hybridized carbons (Fsp3) is 0.429. The van der Waals surface area contributed by atoms with Crippen LogP contribution >= 0.6 is 0 Å². The van der Waals surface area contributed by atoms with E-state index in [-0.39, 0.29) is 12.0 Å². The minimum absolute atomic E-state index is 0.0554. The standard InChI is InChI=1S/C14H18N6O2/c1-9-17-11(5-13(15)18-9)12-8-20(3-4-22-12)14(21)10-6-16-19(2)7-10/h5-7,12H,3-4,8H2,1-2H3,(H2,15,17,18)/t12-/m1/s1. The highest BCUT2D eigenvalue weighted by Crippen LogP contribution is 2.22. The van der Waals surface area contributed by atoms with Gasteiger partial charge in [-0.2, -0.15) is 5.10 Å². The molecule has 8 heteroatoms. The third kappa shape index (κ3) is 2.91. The van der Waals surface area contributed by atoms with E-state index in [0.29, 0.717) is 42.6 Å². The molecule has 1 aliphatic heterocycles. The normalized spacial score (nSPS) is 18.5. The number of nitrogens with two attached hydrogens (primary N) is 1. The van der Waals surface area contributed by atoms with Crippen LogP contribution in [-0.2, 0) is 11.8 Å². The summed E-state index contributed by atoms with van der Waals surface area (Å²) < 4.78 is 7.35. The van der Waals surface area contributed by atoms with Crippen molar-refractivity contribution >= 4 is 11.7 Å². The molecule has 116 valence electrons. The van der Waals surface area contributed by atoms with Gasteiger partial charge in [-0.3, -0.25) is 9.48 Å². The van der Waals surface area contributed by atoms with Gasteiger partial charge in [-0.1, -0.05) is 0 Å². The number of rotatable bonds is 2. The first-order valence-electron chi connectivity index (χ1n) is 7.03. The molecule has 3 heterocycles. The van der Waals surface area contributed by atoms with Crippen LogP contribution in [0.15, 0.2) is 18.5 Å². The summed E-state index contributed by atoms with van der Waals surface area (Å²) in [6.45, 7) is 3.22. The van der Waals surface area contributed by atoms with Gasteiger partial charge in [-0.15, -0.1) is 0 Å². The van der Waals surface area contributed by atoms with Crippen molar-refractivity contribution in [2.24, 2.45) is 7.05 Å². The predicted molar refractivity (Wildman–Crippen MR) is 79.0 cm³/mol. The van der Waals surface area contributed by atoms with Crippen LogP contribution in [0.1, 0.15) is 28.0 Å². The molecule has 1 saturated heterocycles. The third-order valence-corrected chi connectivity index (χ3v) is 3.51. The second-order valence-electron chi connectivity index (χ2n) is 5.28. The Hall–Kier alpha value is -2.48. The number of ether oxygens (including phenoxy) is 1. The number of aryl methyl sites for hydroxylation is 2. The lowest BCUT2D eigenvalue weighted by molar-refractivity contribution is -0.0248. The molecule has 22 heavy (non-hydrogen) atoms. The van der Waals surface area contributed by atoms with Crippen molar-refractivity contribution < 1.29 is 9.53 Å². The van der Waals surface area contributed by atoms with Crippen LogP contribution < -0.4 is 5.73 Å². The molecule has 0 bridgehead atoms. The van der Waals surface area contributed by atoms with Crippen molar-refractivity contribution in [1.82, 2.24) is 24.6 Å². The zero-order valence-corrected chi connectivity index (χ0v) is 12.6. The number of hydrogen-bond donors (Lipinski definition) is 1. The average molecular weight is 302 g/mol. The summed E-state index contributed by atoms with van der Waals surface area (Å²) in [5, 5.41) is 4.03. The number of morpholine rings is 1. The molecule has 1 atom stereocenters. The van der Waals surface area contributed by atoms with E-state index in [4.69, 9.17) is 10.5 Å². The molecule has 0 spiro atoms. The zero-order valence-electron chi connectivity index (χ0n) is 12.6. The highest BCUT2D eigenvalue weighted by atomic mass is 16.5. The van der Waals surface area contributed by atoms with E-state index in [1.807, 2.05) is 0 Å². The van der Waals surface area contributed by atoms with E-state index >= 15 is 0 Å². The molecule has 1 fully saturated rings. The summed E-state index contributed by atoms with van der Waals surface area (Å²) >= 11 is 0. The molecule has 0 radical (unpaired) electrons. The molecule has 1 aliphatic rings. The van der Waals surface area contributed by atoms with Crippen molar-refractivity contribution in [3.63, 3.8) is 0 Å². The summed E-state index contributed by atoms with van der Waals surface area (Å²) in [4.78, 5) is 22.6. The highest BCUT2D eigenvalue weighted by Gasteiger charge is 2.28. The molecule has 1 amide bonds. The van der Waals surface area contributed by atoms with Crippen LogP contribution in [0.3, 0.4) is 0 Å². The SMILES string of the molecule is Cc1nc(N)cc([C@H]2CN(C(=O)c3cnn(C)c3)CCO2)n1. The van der Waals surface area contributed by atoms with Crippen LogP contribution in [0.4, 0.5) is 5.82 Å². The van der Waals surface area contributed by atoms with Crippen LogP contribution in [0.5, 0.6) is 0 Å². The molecule has 3 rings (SSSR count). The summed E-state index contributed by atoms with van der Waals surface area (Å²) in [5.41, 5.74) is 7.03. The Bertz CT molecular complexity index is 678. The lowest BCUT2D eigenvalue weighted by Crippen LogP contribution is -2.42. The molecule has 2 aromatic rings. The second-order valence-corrected chi connectivity index (χ2v) is 5.28. The van der Waals surface area contributed by atoms with E-state index < -0.39 is 0 Å². The Balaban J connectivity index is 1.78. The fourth-order valence-corrected chi connectivity index (χ4v) is 2.51. The van der Waals surface area contributed by atoms with Crippen LogP contribution in [0.25, 0.3) is 0 Å². The van der Waals surface area contributed by atoms with Crippen molar-refractivity contribution in [1.29, 1.82) is 0 Å². The van der Waals surface area contributed by atoms with Gasteiger partial charge in [-0.25, -0.2) is 9.97 Å². The van der Waals surface area contributed by atoms with Gasteiger partial charge in [0.2, 0.25) is 0 Å². The predicted octanol–water partition coefficient (Wildman–Crippen LogP) is 0.314. The highest BCUT2D eigenvalue weighted by molar-refractivity contribution is 5.93. The van der Waals surface area contributed by atoms with Crippen LogP contribution in [0.2, 0.25) is 0 Å². The first-order valence-corrected chi connectivity index (χ1v) is 7.03. The number of anilines is 1. The number of aromatic nitrogens is 4. The molecule has 0 unspecified atom stereocenters. The summed E-state index contributed by atoms with van der Waals surface area (Å²) in [6.07, 6.45) is 2.98. The van der Waals surface area contributed by atoms with Gasteiger partial charge in [0.05, 0.1) is 30.6 Å². The molecule has 0 saturated carbocycles. The van der Waals surface area contributed by atoms with Crippen molar-refractivity contribution in [3.05, 3.63) is 35.5 Å². The number of carbonyl (C=O) groups excluding carboxylic acids is 1. The topological polar surface area (TPSA) is 99.2 Å². The maximum Gasteiger partial charge on any atom is 0.257 e. The van der Waals surface area contributed by atoms with Crippen LogP contribution in [-0.4, -0.2) is 50.3 Å². The monoisotopic (exact) mass is 302 g/mol. The van der Waals surface area contributed by atoms with E-state index in [1.54, 1.807) is 42.0 Å². The van der Waals surface area contributed by atoms with Gasteiger partial charge in [0.25, 0.3) is 5.91 Å². The minimum atomic E-state index is -0.293. The summed E-state index contributed by atoms with van der Waals surface area (Å²) in [6, 6.07) is 1.69. The molecular weight excluding hydrogens is 284 g/mol. The van der Waals surface area contributed by atoms with Gasteiger partial charge in [0.1, 0.15) is 17.7 Å². The first kappa shape index (κ1) is 14.5. The van der Waals surface area contributed by atoms with Gasteiger partial charge in [0.15, 0.2) is 0 Å². The van der Waals surface area contributed by atoms with Gasteiger partial charge in [-0.05, 0) is 6.92 Å². The summed E-state index contributed by atoms with van der Waals surface area (Å²) in [5.74, 6) is 0.941. The molecule has 8 nitrogen and oxygen atoms in total.